The number of nitrogens with zero attached hydrogens (tertiary/aromatic N) is 6. The highest BCUT2D eigenvalue weighted by molar-refractivity contribution is 9.10. The Balaban J connectivity index is 0.000000211. The van der Waals surface area contributed by atoms with Gasteiger partial charge in [-0.2, -0.15) is 10.2 Å². The highest BCUT2D eigenvalue weighted by Crippen LogP contribution is 2.26. The van der Waals surface area contributed by atoms with Gasteiger partial charge in [-0.25, -0.2) is 8.78 Å². The van der Waals surface area contributed by atoms with Crippen molar-refractivity contribution in [3.05, 3.63) is 101 Å². The molecule has 4 rings (SSSR count). The van der Waals surface area contributed by atoms with Crippen LogP contribution in [0.4, 0.5) is 42.9 Å². The molecule has 0 bridgehead atoms. The van der Waals surface area contributed by atoms with Gasteiger partial charge in [-0.3, -0.25) is 0 Å². The number of halogens is 3. The Bertz CT molecular complexity index is 1300. The fraction of sp³-hybridized carbons (Fsp3) is 0.143. The van der Waals surface area contributed by atoms with Gasteiger partial charge in [0, 0.05) is 50.1 Å². The summed E-state index contributed by atoms with van der Waals surface area (Å²) in [5.41, 5.74) is 3.77. The van der Waals surface area contributed by atoms with E-state index >= 15 is 0 Å². The van der Waals surface area contributed by atoms with Gasteiger partial charge in [0.1, 0.15) is 17.1 Å². The van der Waals surface area contributed by atoms with Crippen LogP contribution in [0.1, 0.15) is 0 Å². The van der Waals surface area contributed by atoms with Crippen LogP contribution in [0, 0.1) is 11.6 Å². The third kappa shape index (κ3) is 8.45. The van der Waals surface area contributed by atoms with Crippen molar-refractivity contribution in [1.82, 2.24) is 0 Å². The van der Waals surface area contributed by atoms with E-state index in [4.69, 9.17) is 5.11 Å². The zero-order valence-electron chi connectivity index (χ0n) is 21.3. The lowest BCUT2D eigenvalue weighted by Gasteiger charge is -2.11. The highest BCUT2D eigenvalue weighted by Gasteiger charge is 2.03. The Morgan fingerprint density at radius 3 is 1.39 bits per heavy atom. The lowest BCUT2D eigenvalue weighted by Crippen LogP contribution is -2.07. The summed E-state index contributed by atoms with van der Waals surface area (Å²) in [5, 5.41) is 24.8. The fourth-order valence-corrected chi connectivity index (χ4v) is 3.33. The summed E-state index contributed by atoms with van der Waals surface area (Å²) in [6.07, 6.45) is 0. The molecule has 4 aromatic carbocycles. The van der Waals surface area contributed by atoms with E-state index in [1.165, 1.54) is 18.2 Å². The van der Waals surface area contributed by atoms with Gasteiger partial charge in [0.25, 0.3) is 0 Å². The second-order valence-corrected chi connectivity index (χ2v) is 9.37. The van der Waals surface area contributed by atoms with Gasteiger partial charge in [0.15, 0.2) is 11.6 Å². The minimum absolute atomic E-state index is 0.0921. The fourth-order valence-electron chi connectivity index (χ4n) is 3.00. The Hall–Kier alpha value is -4.18. The number of anilines is 2. The molecule has 0 heterocycles. The molecule has 0 aliphatic carbocycles. The summed E-state index contributed by atoms with van der Waals surface area (Å²) in [5.74, 6) is -1.14. The van der Waals surface area contributed by atoms with Crippen LogP contribution in [0.5, 0.6) is 5.75 Å². The third-order valence-electron chi connectivity index (χ3n) is 5.12. The minimum Gasteiger partial charge on any atom is -0.508 e. The number of azo groups is 2. The zero-order valence-corrected chi connectivity index (χ0v) is 22.9. The molecule has 196 valence electrons. The van der Waals surface area contributed by atoms with E-state index in [2.05, 4.69) is 36.4 Å². The lowest BCUT2D eigenvalue weighted by molar-refractivity contribution is 0.469. The molecular formula is C28H27BrF2N6O. The molecule has 0 saturated carbocycles. The molecular weight excluding hydrogens is 554 g/mol. The number of benzene rings is 4. The largest absolute Gasteiger partial charge is 0.508 e. The Morgan fingerprint density at radius 2 is 1.00 bits per heavy atom. The van der Waals surface area contributed by atoms with Crippen LogP contribution in [0.15, 0.2) is 110 Å². The van der Waals surface area contributed by atoms with Crippen molar-refractivity contribution in [2.75, 3.05) is 38.0 Å². The normalized spacial score (nSPS) is 10.9. The first-order valence-corrected chi connectivity index (χ1v) is 12.2. The second-order valence-electron chi connectivity index (χ2n) is 8.45. The van der Waals surface area contributed by atoms with Gasteiger partial charge in [0.2, 0.25) is 0 Å². The maximum absolute atomic E-state index is 13.5. The summed E-state index contributed by atoms with van der Waals surface area (Å²) in [6, 6.07) is 23.4. The van der Waals surface area contributed by atoms with Crippen LogP contribution in [0.2, 0.25) is 0 Å². The van der Waals surface area contributed by atoms with Crippen molar-refractivity contribution in [3.63, 3.8) is 0 Å². The van der Waals surface area contributed by atoms with Crippen LogP contribution in [0.25, 0.3) is 0 Å². The second kappa shape index (κ2) is 13.4. The van der Waals surface area contributed by atoms with Gasteiger partial charge >= 0.3 is 0 Å². The van der Waals surface area contributed by atoms with Gasteiger partial charge in [-0.1, -0.05) is 15.9 Å². The first kappa shape index (κ1) is 28.4. The van der Waals surface area contributed by atoms with Gasteiger partial charge in [0.05, 0.1) is 11.4 Å². The van der Waals surface area contributed by atoms with Gasteiger partial charge < -0.3 is 14.9 Å². The van der Waals surface area contributed by atoms with Crippen molar-refractivity contribution in [2.45, 2.75) is 0 Å². The van der Waals surface area contributed by atoms with Gasteiger partial charge in [-0.05, 0) is 78.9 Å². The molecule has 0 saturated heterocycles. The van der Waals surface area contributed by atoms with Crippen molar-refractivity contribution >= 4 is 50.1 Å². The van der Waals surface area contributed by atoms with Crippen LogP contribution in [0.3, 0.4) is 0 Å². The van der Waals surface area contributed by atoms with E-state index in [-0.39, 0.29) is 17.1 Å². The molecule has 0 aromatic heterocycles. The first-order chi connectivity index (χ1) is 18.1. The molecule has 7 nitrogen and oxygen atoms in total. The van der Waals surface area contributed by atoms with Crippen LogP contribution in [-0.4, -0.2) is 33.3 Å². The highest BCUT2D eigenvalue weighted by atomic mass is 79.9. The molecule has 0 amide bonds. The first-order valence-electron chi connectivity index (χ1n) is 11.4. The molecule has 0 spiro atoms. The zero-order chi connectivity index (χ0) is 27.7. The average molecular weight is 581 g/mol. The predicted octanol–water partition coefficient (Wildman–Crippen LogP) is 9.08. The average Bonchev–Trinajstić information content (AvgIpc) is 2.88. The summed E-state index contributed by atoms with van der Waals surface area (Å²) in [7, 11) is 7.83. The maximum atomic E-state index is 13.5. The molecule has 0 unspecified atom stereocenters. The van der Waals surface area contributed by atoms with Crippen LogP contribution in [-0.2, 0) is 0 Å². The Morgan fingerprint density at radius 1 is 0.579 bits per heavy atom. The van der Waals surface area contributed by atoms with E-state index in [1.807, 2.05) is 74.4 Å². The smallest absolute Gasteiger partial charge is 0.154 e. The molecule has 0 aliphatic rings. The monoisotopic (exact) mass is 580 g/mol. The molecule has 0 aliphatic heterocycles. The molecule has 38 heavy (non-hydrogen) atoms. The van der Waals surface area contributed by atoms with Crippen molar-refractivity contribution in [3.8, 4) is 5.75 Å². The molecule has 1 N–H and O–H groups in total. The van der Waals surface area contributed by atoms with E-state index < -0.39 is 11.6 Å². The standard InChI is InChI=1S/C14H13BrFN3.C14H14FN3O/c1-19(2)12-6-4-11(5-7-12)17-18-14-8-3-10(15)9-13(14)16;1-18(2)11-5-3-10(4-6-11)16-17-14-8-7-12(19)9-13(14)15/h3-9H,1-2H3;3-9,19H,1-2H3. The van der Waals surface area contributed by atoms with Crippen molar-refractivity contribution in [2.24, 2.45) is 20.5 Å². The van der Waals surface area contributed by atoms with E-state index in [9.17, 15) is 8.78 Å². The molecule has 0 radical (unpaired) electrons. The number of rotatable bonds is 6. The summed E-state index contributed by atoms with van der Waals surface area (Å²) < 4.78 is 27.6. The SMILES string of the molecule is CN(C)c1ccc(N=Nc2ccc(Br)cc2F)cc1.CN(C)c1ccc(N=Nc2ccc(O)cc2F)cc1. The summed E-state index contributed by atoms with van der Waals surface area (Å²) in [4.78, 5) is 3.97. The Kier molecular flexibility index (Phi) is 10.0. The van der Waals surface area contributed by atoms with Crippen LogP contribution < -0.4 is 9.80 Å². The maximum Gasteiger partial charge on any atom is 0.154 e. The van der Waals surface area contributed by atoms with Gasteiger partial charge in [-0.15, -0.1) is 10.2 Å². The third-order valence-corrected chi connectivity index (χ3v) is 5.61. The van der Waals surface area contributed by atoms with E-state index in [0.717, 1.165) is 17.4 Å². The number of aromatic hydroxyl groups is 1. The van der Waals surface area contributed by atoms with E-state index in [1.54, 1.807) is 24.3 Å². The number of hydrogen-bond acceptors (Lipinski definition) is 7. The lowest BCUT2D eigenvalue weighted by atomic mass is 10.3. The Labute approximate surface area is 228 Å². The number of hydrogen-bond donors (Lipinski definition) is 1. The quantitative estimate of drug-likeness (QED) is 0.231. The van der Waals surface area contributed by atoms with Crippen molar-refractivity contribution < 1.29 is 13.9 Å². The molecule has 0 fully saturated rings. The molecule has 0 atom stereocenters. The predicted molar refractivity (Wildman–Crippen MR) is 152 cm³/mol. The number of phenolic OH excluding ortho intramolecular Hbond substituents is 1. The van der Waals surface area contributed by atoms with E-state index in [0.29, 0.717) is 15.8 Å². The topological polar surface area (TPSA) is 76.2 Å². The summed E-state index contributed by atoms with van der Waals surface area (Å²) in [6.45, 7) is 0. The molecule has 4 aromatic rings. The molecule has 10 heteroatoms. The minimum atomic E-state index is -0.603. The van der Waals surface area contributed by atoms with Crippen molar-refractivity contribution in [1.29, 1.82) is 0 Å². The van der Waals surface area contributed by atoms with Crippen LogP contribution >= 0.6 is 15.9 Å². The number of phenols is 1. The summed E-state index contributed by atoms with van der Waals surface area (Å²) >= 11 is 3.20.